The van der Waals surface area contributed by atoms with Gasteiger partial charge in [-0.05, 0) is 29.7 Å². The van der Waals surface area contributed by atoms with Crippen LogP contribution in [-0.2, 0) is 19.1 Å². The summed E-state index contributed by atoms with van der Waals surface area (Å²) in [6.45, 7) is 6.68. The number of para-hydroxylation sites is 1. The number of anilines is 1. The van der Waals surface area contributed by atoms with Crippen molar-refractivity contribution in [2.24, 2.45) is 11.3 Å². The van der Waals surface area contributed by atoms with Gasteiger partial charge in [-0.25, -0.2) is 0 Å². The summed E-state index contributed by atoms with van der Waals surface area (Å²) in [4.78, 5) is 41.5. The number of methoxy groups -OCH3 is 2. The normalized spacial score (nSPS) is 19.9. The number of carbonyl (C=O) groups is 3. The highest BCUT2D eigenvalue weighted by Crippen LogP contribution is 2.45. The quantitative estimate of drug-likeness (QED) is 0.558. The summed E-state index contributed by atoms with van der Waals surface area (Å²) in [6, 6.07) is 10.7. The molecule has 1 fully saturated rings. The van der Waals surface area contributed by atoms with Gasteiger partial charge >= 0.3 is 5.97 Å². The average molecular weight is 545 g/mol. The molecular weight excluding hydrogens is 512 g/mol. The van der Waals surface area contributed by atoms with E-state index in [4.69, 9.17) is 25.8 Å². The van der Waals surface area contributed by atoms with Crippen LogP contribution in [0, 0.1) is 11.3 Å². The lowest BCUT2D eigenvalue weighted by molar-refractivity contribution is -0.155. The molecule has 2 aliphatic heterocycles. The number of amides is 2. The van der Waals surface area contributed by atoms with E-state index in [0.29, 0.717) is 39.9 Å². The lowest BCUT2D eigenvalue weighted by Crippen LogP contribution is -2.54. The fourth-order valence-corrected chi connectivity index (χ4v) is 5.01. The van der Waals surface area contributed by atoms with E-state index in [1.165, 1.54) is 19.1 Å². The summed E-state index contributed by atoms with van der Waals surface area (Å²) in [5.74, 6) is -1.28. The van der Waals surface area contributed by atoms with Gasteiger partial charge in [0, 0.05) is 41.5 Å². The third-order valence-electron chi connectivity index (χ3n) is 6.70. The fraction of sp³-hybridized carbons (Fsp3) is 0.464. The van der Waals surface area contributed by atoms with E-state index >= 15 is 0 Å². The summed E-state index contributed by atoms with van der Waals surface area (Å²) in [7, 11) is 3.06. The zero-order valence-corrected chi connectivity index (χ0v) is 22.9. The third kappa shape index (κ3) is 5.59. The first-order valence-electron chi connectivity index (χ1n) is 12.4. The number of benzene rings is 2. The molecule has 0 bridgehead atoms. The number of aliphatic carboxylic acids is 1. The van der Waals surface area contributed by atoms with Crippen molar-refractivity contribution in [3.05, 3.63) is 52.5 Å². The van der Waals surface area contributed by atoms with Crippen molar-refractivity contribution in [2.75, 3.05) is 38.8 Å². The Kier molecular flexibility index (Phi) is 7.90. The molecular formula is C28H33ClN2O7. The van der Waals surface area contributed by atoms with Crippen LogP contribution in [0.15, 0.2) is 36.4 Å². The van der Waals surface area contributed by atoms with E-state index in [9.17, 15) is 19.5 Å². The minimum absolute atomic E-state index is 0.115. The van der Waals surface area contributed by atoms with Gasteiger partial charge in [-0.15, -0.1) is 0 Å². The van der Waals surface area contributed by atoms with Gasteiger partial charge in [0.15, 0.2) is 11.5 Å². The maximum atomic E-state index is 14.0. The fourth-order valence-electron chi connectivity index (χ4n) is 4.83. The Morgan fingerprint density at radius 2 is 1.82 bits per heavy atom. The highest BCUT2D eigenvalue weighted by molar-refractivity contribution is 6.30. The van der Waals surface area contributed by atoms with Gasteiger partial charge in [0.05, 0.1) is 26.6 Å². The van der Waals surface area contributed by atoms with Crippen molar-refractivity contribution in [2.45, 2.75) is 39.4 Å². The molecule has 2 aliphatic rings. The highest BCUT2D eigenvalue weighted by Gasteiger charge is 2.42. The number of rotatable bonds is 7. The van der Waals surface area contributed by atoms with Crippen molar-refractivity contribution >= 4 is 35.1 Å². The molecule has 0 aliphatic carbocycles. The Hall–Kier alpha value is -3.30. The van der Waals surface area contributed by atoms with Gasteiger partial charge in [0.2, 0.25) is 5.91 Å². The van der Waals surface area contributed by atoms with Crippen molar-refractivity contribution in [1.82, 2.24) is 4.90 Å². The van der Waals surface area contributed by atoms with E-state index < -0.39 is 24.1 Å². The molecule has 0 saturated carbocycles. The SMILES string of the molecule is COc1cccc([C@@H]2O[C@@H](CC(=O)N3CC(C(=O)O)C3)C(=O)N(CC(C)(C)C)c3ccc(Cl)cc32)c1OC. The summed E-state index contributed by atoms with van der Waals surface area (Å²) in [5, 5.41) is 9.67. The minimum atomic E-state index is -1.12. The second-order valence-electron chi connectivity index (χ2n) is 10.8. The molecule has 9 nitrogen and oxygen atoms in total. The van der Waals surface area contributed by atoms with Crippen molar-refractivity contribution < 1.29 is 33.7 Å². The summed E-state index contributed by atoms with van der Waals surface area (Å²) >= 11 is 6.44. The molecule has 2 heterocycles. The smallest absolute Gasteiger partial charge is 0.310 e. The first-order valence-corrected chi connectivity index (χ1v) is 12.8. The molecule has 2 amide bonds. The van der Waals surface area contributed by atoms with Crippen molar-refractivity contribution in [3.63, 3.8) is 0 Å². The van der Waals surface area contributed by atoms with Crippen LogP contribution in [0.3, 0.4) is 0 Å². The molecule has 10 heteroatoms. The van der Waals surface area contributed by atoms with Gasteiger partial charge in [0.25, 0.3) is 5.91 Å². The maximum absolute atomic E-state index is 14.0. The molecule has 0 spiro atoms. The first kappa shape index (κ1) is 27.7. The van der Waals surface area contributed by atoms with Crippen LogP contribution in [0.5, 0.6) is 11.5 Å². The molecule has 1 saturated heterocycles. The van der Waals surface area contributed by atoms with E-state index in [1.54, 1.807) is 35.2 Å². The van der Waals surface area contributed by atoms with Crippen molar-refractivity contribution in [3.8, 4) is 11.5 Å². The topological polar surface area (TPSA) is 106 Å². The van der Waals surface area contributed by atoms with Crippen LogP contribution in [0.2, 0.25) is 5.02 Å². The van der Waals surface area contributed by atoms with E-state index in [-0.39, 0.29) is 36.7 Å². The lowest BCUT2D eigenvalue weighted by atomic mass is 9.94. The summed E-state index contributed by atoms with van der Waals surface area (Å²) in [5.41, 5.74) is 1.65. The molecule has 0 radical (unpaired) electrons. The molecule has 0 unspecified atom stereocenters. The van der Waals surface area contributed by atoms with E-state index in [2.05, 4.69) is 0 Å². The van der Waals surface area contributed by atoms with Gasteiger partial charge in [-0.3, -0.25) is 14.4 Å². The average Bonchev–Trinajstić information content (AvgIpc) is 2.91. The number of hydrogen-bond acceptors (Lipinski definition) is 6. The number of halogens is 1. The number of carboxylic acids is 1. The molecule has 204 valence electrons. The molecule has 2 aromatic carbocycles. The molecule has 0 aromatic heterocycles. The highest BCUT2D eigenvalue weighted by atomic mass is 35.5. The van der Waals surface area contributed by atoms with Crippen LogP contribution in [0.4, 0.5) is 5.69 Å². The zero-order valence-electron chi connectivity index (χ0n) is 22.2. The van der Waals surface area contributed by atoms with Gasteiger partial charge in [0.1, 0.15) is 12.2 Å². The minimum Gasteiger partial charge on any atom is -0.493 e. The maximum Gasteiger partial charge on any atom is 0.310 e. The Morgan fingerprint density at radius 3 is 2.42 bits per heavy atom. The molecule has 2 atom stereocenters. The number of hydrogen-bond donors (Lipinski definition) is 1. The largest absolute Gasteiger partial charge is 0.493 e. The second-order valence-corrected chi connectivity index (χ2v) is 11.3. The molecule has 2 aromatic rings. The number of fused-ring (bicyclic) bond motifs is 1. The lowest BCUT2D eigenvalue weighted by Gasteiger charge is -2.37. The third-order valence-corrected chi connectivity index (χ3v) is 6.93. The van der Waals surface area contributed by atoms with Crippen LogP contribution < -0.4 is 14.4 Å². The zero-order chi connectivity index (χ0) is 27.8. The Labute approximate surface area is 227 Å². The van der Waals surface area contributed by atoms with E-state index in [1.807, 2.05) is 26.8 Å². The number of nitrogens with zero attached hydrogens (tertiary/aromatic N) is 2. The number of likely N-dealkylation sites (tertiary alicyclic amines) is 1. The molecule has 4 rings (SSSR count). The Morgan fingerprint density at radius 1 is 1.11 bits per heavy atom. The van der Waals surface area contributed by atoms with Crippen LogP contribution in [0.1, 0.15) is 44.4 Å². The van der Waals surface area contributed by atoms with Crippen molar-refractivity contribution in [1.29, 1.82) is 0 Å². The number of carbonyl (C=O) groups excluding carboxylic acids is 2. The number of carboxylic acid groups (broad SMARTS) is 1. The van der Waals surface area contributed by atoms with Gasteiger partial charge < -0.3 is 29.1 Å². The standard InChI is InChI=1S/C28H33ClN2O7/c1-28(2,3)15-31-20-10-9-17(29)11-19(20)24(18-7-6-8-21(36-4)25(18)37-5)38-22(26(31)33)12-23(32)30-13-16(14-30)27(34)35/h6-11,16,22,24H,12-15H2,1-5H3,(H,34,35)/t22-,24-/m0/s1. The summed E-state index contributed by atoms with van der Waals surface area (Å²) < 4.78 is 17.7. The molecule has 1 N–H and O–H groups in total. The predicted molar refractivity (Wildman–Crippen MR) is 142 cm³/mol. The van der Waals surface area contributed by atoms with Crippen LogP contribution in [0.25, 0.3) is 0 Å². The molecule has 38 heavy (non-hydrogen) atoms. The monoisotopic (exact) mass is 544 g/mol. The van der Waals surface area contributed by atoms with E-state index in [0.717, 1.165) is 0 Å². The first-order chi connectivity index (χ1) is 17.9. The Balaban J connectivity index is 1.80. The second kappa shape index (κ2) is 10.8. The van der Waals surface area contributed by atoms with Crippen LogP contribution >= 0.6 is 11.6 Å². The predicted octanol–water partition coefficient (Wildman–Crippen LogP) is 4.16. The summed E-state index contributed by atoms with van der Waals surface area (Å²) in [6.07, 6.45) is -2.15. The Bertz CT molecular complexity index is 1240. The van der Waals surface area contributed by atoms with Gasteiger partial charge in [-0.1, -0.05) is 44.5 Å². The number of ether oxygens (including phenoxy) is 3. The van der Waals surface area contributed by atoms with Gasteiger partial charge in [-0.2, -0.15) is 0 Å². The van der Waals surface area contributed by atoms with Crippen LogP contribution in [-0.4, -0.2) is 67.7 Å².